The molecule has 6 heteroatoms. The number of esters is 1. The number of benzene rings is 1. The van der Waals surface area contributed by atoms with Crippen LogP contribution >= 0.6 is 11.6 Å². The summed E-state index contributed by atoms with van der Waals surface area (Å²) in [5, 5.41) is 3.40. The fourth-order valence-electron chi connectivity index (χ4n) is 2.23. The van der Waals surface area contributed by atoms with Crippen LogP contribution in [0.5, 0.6) is 5.75 Å². The molecule has 0 saturated heterocycles. The highest BCUT2D eigenvalue weighted by atomic mass is 35.5. The Balaban J connectivity index is 1.84. The highest BCUT2D eigenvalue weighted by Crippen LogP contribution is 2.30. The van der Waals surface area contributed by atoms with E-state index < -0.39 is 11.9 Å². The molecular formula is C17H22ClNO4. The quantitative estimate of drug-likeness (QED) is 0.837. The summed E-state index contributed by atoms with van der Waals surface area (Å²) in [7, 11) is 0. The normalized spacial score (nSPS) is 17.9. The number of carbonyl (C=O) groups excluding carboxylic acids is 2. The summed E-state index contributed by atoms with van der Waals surface area (Å²) >= 11 is 5.96. The number of amides is 1. The summed E-state index contributed by atoms with van der Waals surface area (Å²) in [5.41, 5.74) is 0.878. The zero-order valence-corrected chi connectivity index (χ0v) is 14.4. The standard InChI is InChI=1S/C17H22ClNO4/c1-10(2)11(3)19-16(20)9-23-17(21)13-6-12-7-14(18)4-5-15(12)22-8-13/h4-5,7,10-11,13H,6,8-9H2,1-3H3,(H,19,20)/t11-,13+/m1/s1. The molecule has 0 spiro atoms. The molecule has 1 aromatic carbocycles. The summed E-state index contributed by atoms with van der Waals surface area (Å²) in [6.45, 7) is 5.92. The van der Waals surface area contributed by atoms with Crippen LogP contribution in [0.1, 0.15) is 26.3 Å². The maximum absolute atomic E-state index is 12.1. The Hall–Kier alpha value is -1.75. The molecule has 1 aliphatic rings. The third-order valence-electron chi connectivity index (χ3n) is 4.00. The van der Waals surface area contributed by atoms with Crippen LogP contribution in [-0.2, 0) is 20.7 Å². The van der Waals surface area contributed by atoms with E-state index in [9.17, 15) is 9.59 Å². The monoisotopic (exact) mass is 339 g/mol. The van der Waals surface area contributed by atoms with Crippen LogP contribution in [0.25, 0.3) is 0 Å². The zero-order valence-electron chi connectivity index (χ0n) is 13.6. The Bertz CT molecular complexity index is 588. The summed E-state index contributed by atoms with van der Waals surface area (Å²) < 4.78 is 10.7. The van der Waals surface area contributed by atoms with Gasteiger partial charge in [0.2, 0.25) is 0 Å². The van der Waals surface area contributed by atoms with Crippen LogP contribution in [0.15, 0.2) is 18.2 Å². The van der Waals surface area contributed by atoms with Crippen LogP contribution in [-0.4, -0.2) is 31.1 Å². The first kappa shape index (κ1) is 17.6. The second-order valence-electron chi connectivity index (χ2n) is 6.17. The molecule has 1 aromatic rings. The van der Waals surface area contributed by atoms with Crippen LogP contribution in [0.2, 0.25) is 5.02 Å². The lowest BCUT2D eigenvalue weighted by atomic mass is 9.97. The second kappa shape index (κ2) is 7.68. The summed E-state index contributed by atoms with van der Waals surface area (Å²) in [5.74, 6) is -0.0800. The Morgan fingerprint density at radius 1 is 1.39 bits per heavy atom. The molecule has 2 atom stereocenters. The van der Waals surface area contributed by atoms with Gasteiger partial charge in [-0.15, -0.1) is 0 Å². The van der Waals surface area contributed by atoms with Gasteiger partial charge in [0.05, 0.1) is 5.92 Å². The van der Waals surface area contributed by atoms with E-state index >= 15 is 0 Å². The van der Waals surface area contributed by atoms with Gasteiger partial charge in [-0.1, -0.05) is 25.4 Å². The molecule has 2 rings (SSSR count). The highest BCUT2D eigenvalue weighted by molar-refractivity contribution is 6.30. The molecule has 0 aliphatic carbocycles. The molecule has 0 bridgehead atoms. The minimum atomic E-state index is -0.428. The largest absolute Gasteiger partial charge is 0.492 e. The van der Waals surface area contributed by atoms with Crippen molar-refractivity contribution in [2.45, 2.75) is 33.2 Å². The van der Waals surface area contributed by atoms with Crippen molar-refractivity contribution in [1.82, 2.24) is 5.32 Å². The average Bonchev–Trinajstić information content (AvgIpc) is 2.51. The fourth-order valence-corrected chi connectivity index (χ4v) is 2.43. The van der Waals surface area contributed by atoms with Crippen LogP contribution in [0.4, 0.5) is 0 Å². The second-order valence-corrected chi connectivity index (χ2v) is 6.61. The third-order valence-corrected chi connectivity index (χ3v) is 4.23. The van der Waals surface area contributed by atoms with Gasteiger partial charge in [0.1, 0.15) is 12.4 Å². The van der Waals surface area contributed by atoms with Gasteiger partial charge >= 0.3 is 5.97 Å². The highest BCUT2D eigenvalue weighted by Gasteiger charge is 2.28. The predicted molar refractivity (Wildman–Crippen MR) is 87.5 cm³/mol. The van der Waals surface area contributed by atoms with Gasteiger partial charge in [-0.25, -0.2) is 0 Å². The lowest BCUT2D eigenvalue weighted by Gasteiger charge is -2.24. The first-order chi connectivity index (χ1) is 10.9. The maximum atomic E-state index is 12.1. The average molecular weight is 340 g/mol. The number of hydrogen-bond donors (Lipinski definition) is 1. The van der Waals surface area contributed by atoms with Crippen molar-refractivity contribution in [3.05, 3.63) is 28.8 Å². The minimum Gasteiger partial charge on any atom is -0.492 e. The zero-order chi connectivity index (χ0) is 17.0. The van der Waals surface area contributed by atoms with E-state index in [0.717, 1.165) is 11.3 Å². The predicted octanol–water partition coefficient (Wildman–Crippen LogP) is 2.60. The number of fused-ring (bicyclic) bond motifs is 1. The van der Waals surface area contributed by atoms with Crippen molar-refractivity contribution in [2.75, 3.05) is 13.2 Å². The molecule has 1 aliphatic heterocycles. The molecule has 1 N–H and O–H groups in total. The van der Waals surface area contributed by atoms with Crippen LogP contribution in [0.3, 0.4) is 0 Å². The minimum absolute atomic E-state index is 0.0354. The van der Waals surface area contributed by atoms with Crippen molar-refractivity contribution in [2.24, 2.45) is 11.8 Å². The molecule has 5 nitrogen and oxygen atoms in total. The van der Waals surface area contributed by atoms with Gasteiger partial charge in [-0.2, -0.15) is 0 Å². The SMILES string of the molecule is CC(C)[C@@H](C)NC(=O)COC(=O)[C@@H]1COc2ccc(Cl)cc2C1. The number of hydrogen-bond acceptors (Lipinski definition) is 4. The van der Waals surface area contributed by atoms with E-state index in [1.54, 1.807) is 18.2 Å². The number of rotatable bonds is 5. The maximum Gasteiger partial charge on any atom is 0.313 e. The van der Waals surface area contributed by atoms with Crippen molar-refractivity contribution in [3.8, 4) is 5.75 Å². The topological polar surface area (TPSA) is 64.6 Å². The smallest absolute Gasteiger partial charge is 0.313 e. The molecule has 0 aromatic heterocycles. The lowest BCUT2D eigenvalue weighted by molar-refractivity contribution is -0.154. The van der Waals surface area contributed by atoms with E-state index in [1.807, 2.05) is 20.8 Å². The number of nitrogens with one attached hydrogen (secondary N) is 1. The van der Waals surface area contributed by atoms with Gasteiger partial charge in [0.15, 0.2) is 6.61 Å². The third kappa shape index (κ3) is 4.86. The van der Waals surface area contributed by atoms with Gasteiger partial charge in [0.25, 0.3) is 5.91 Å². The Kier molecular flexibility index (Phi) is 5.88. The molecule has 0 radical (unpaired) electrons. The first-order valence-electron chi connectivity index (χ1n) is 7.74. The molecule has 0 saturated carbocycles. The van der Waals surface area contributed by atoms with Gasteiger partial charge in [-0.3, -0.25) is 9.59 Å². The molecule has 0 unspecified atom stereocenters. The Morgan fingerprint density at radius 3 is 2.83 bits per heavy atom. The van der Waals surface area contributed by atoms with Gasteiger partial charge in [-0.05, 0) is 43.0 Å². The Labute approximate surface area is 141 Å². The number of halogens is 1. The molecular weight excluding hydrogens is 318 g/mol. The van der Waals surface area contributed by atoms with Gasteiger partial charge in [0, 0.05) is 11.1 Å². The van der Waals surface area contributed by atoms with E-state index in [0.29, 0.717) is 17.4 Å². The summed E-state index contributed by atoms with van der Waals surface area (Å²) in [6.07, 6.45) is 0.499. The first-order valence-corrected chi connectivity index (χ1v) is 8.12. The summed E-state index contributed by atoms with van der Waals surface area (Å²) in [4.78, 5) is 23.9. The van der Waals surface area contributed by atoms with E-state index in [1.165, 1.54) is 0 Å². The van der Waals surface area contributed by atoms with Crippen LogP contribution in [0, 0.1) is 11.8 Å². The number of carbonyl (C=O) groups is 2. The van der Waals surface area contributed by atoms with E-state index in [4.69, 9.17) is 21.1 Å². The van der Waals surface area contributed by atoms with E-state index in [2.05, 4.69) is 5.32 Å². The number of ether oxygens (including phenoxy) is 2. The lowest BCUT2D eigenvalue weighted by Crippen LogP contribution is -2.39. The summed E-state index contributed by atoms with van der Waals surface area (Å²) in [6, 6.07) is 5.36. The molecule has 1 amide bonds. The van der Waals surface area contributed by atoms with Crippen molar-refractivity contribution >= 4 is 23.5 Å². The fraction of sp³-hybridized carbons (Fsp3) is 0.529. The van der Waals surface area contributed by atoms with Crippen molar-refractivity contribution < 1.29 is 19.1 Å². The molecule has 0 fully saturated rings. The van der Waals surface area contributed by atoms with Crippen molar-refractivity contribution in [1.29, 1.82) is 0 Å². The van der Waals surface area contributed by atoms with Gasteiger partial charge < -0.3 is 14.8 Å². The molecule has 1 heterocycles. The van der Waals surface area contributed by atoms with Crippen LogP contribution < -0.4 is 10.1 Å². The van der Waals surface area contributed by atoms with Crippen molar-refractivity contribution in [3.63, 3.8) is 0 Å². The molecule has 23 heavy (non-hydrogen) atoms. The van der Waals surface area contributed by atoms with E-state index in [-0.39, 0.29) is 25.2 Å². The molecule has 126 valence electrons. The Morgan fingerprint density at radius 2 is 2.13 bits per heavy atom.